The van der Waals surface area contributed by atoms with Crippen molar-refractivity contribution in [2.45, 2.75) is 26.7 Å². The Hall–Kier alpha value is -3.48. The molecule has 2 rings (SSSR count). The molecule has 30 heavy (non-hydrogen) atoms. The molecule has 0 aliphatic heterocycles. The highest BCUT2D eigenvalue weighted by Gasteiger charge is 2.15. The Bertz CT molecular complexity index is 893. The van der Waals surface area contributed by atoms with Crippen LogP contribution in [0.2, 0.25) is 0 Å². The standard InChI is InChI=1S/C23H26N2O5/c1-16(2)14-24-23(29)18-10-6-7-11-19(18)25-21(27)15-30-22(28)13-12-20(26)17-8-4-3-5-9-17/h3-11,16H,12-15H2,1-2H3,(H,24,29)(H,25,27). The molecule has 0 atom stereocenters. The molecule has 2 aromatic carbocycles. The van der Waals surface area contributed by atoms with E-state index in [2.05, 4.69) is 10.6 Å². The summed E-state index contributed by atoms with van der Waals surface area (Å²) in [6, 6.07) is 15.2. The van der Waals surface area contributed by atoms with E-state index in [-0.39, 0.29) is 24.5 Å². The van der Waals surface area contributed by atoms with E-state index in [1.165, 1.54) is 0 Å². The number of amides is 2. The lowest BCUT2D eigenvalue weighted by Gasteiger charge is -2.12. The molecule has 7 heteroatoms. The predicted octanol–water partition coefficient (Wildman–Crippen LogP) is 3.22. The second-order valence-electron chi connectivity index (χ2n) is 7.15. The smallest absolute Gasteiger partial charge is 0.306 e. The lowest BCUT2D eigenvalue weighted by atomic mass is 10.1. The van der Waals surface area contributed by atoms with Crippen molar-refractivity contribution in [1.29, 1.82) is 0 Å². The minimum Gasteiger partial charge on any atom is -0.456 e. The quantitative estimate of drug-likeness (QED) is 0.463. The summed E-state index contributed by atoms with van der Waals surface area (Å²) in [6.07, 6.45) is -0.113. The normalized spacial score (nSPS) is 10.4. The molecule has 0 aliphatic rings. The molecule has 0 fully saturated rings. The summed E-state index contributed by atoms with van der Waals surface area (Å²) in [4.78, 5) is 48.3. The number of hydrogen-bond acceptors (Lipinski definition) is 5. The van der Waals surface area contributed by atoms with Gasteiger partial charge in [0.2, 0.25) is 0 Å². The first-order valence-corrected chi connectivity index (χ1v) is 9.77. The Morgan fingerprint density at radius 3 is 2.27 bits per heavy atom. The van der Waals surface area contributed by atoms with Gasteiger partial charge in [-0.3, -0.25) is 19.2 Å². The van der Waals surface area contributed by atoms with Crippen molar-refractivity contribution in [3.8, 4) is 0 Å². The minimum atomic E-state index is -0.641. The Kier molecular flexibility index (Phi) is 8.75. The van der Waals surface area contributed by atoms with E-state index in [0.717, 1.165) is 0 Å². The van der Waals surface area contributed by atoms with E-state index < -0.39 is 18.5 Å². The van der Waals surface area contributed by atoms with E-state index in [9.17, 15) is 19.2 Å². The van der Waals surface area contributed by atoms with E-state index in [4.69, 9.17) is 4.74 Å². The average Bonchev–Trinajstić information content (AvgIpc) is 2.75. The lowest BCUT2D eigenvalue weighted by Crippen LogP contribution is -2.29. The highest BCUT2D eigenvalue weighted by Crippen LogP contribution is 2.15. The van der Waals surface area contributed by atoms with Gasteiger partial charge in [0, 0.05) is 18.5 Å². The Balaban J connectivity index is 1.81. The molecule has 0 bridgehead atoms. The number of rotatable bonds is 10. The lowest BCUT2D eigenvalue weighted by molar-refractivity contribution is -0.147. The Labute approximate surface area is 175 Å². The number of benzene rings is 2. The summed E-state index contributed by atoms with van der Waals surface area (Å²) < 4.78 is 4.94. The summed E-state index contributed by atoms with van der Waals surface area (Å²) in [6.45, 7) is 3.98. The zero-order valence-electron chi connectivity index (χ0n) is 17.1. The van der Waals surface area contributed by atoms with Crippen LogP contribution in [0.4, 0.5) is 5.69 Å². The average molecular weight is 410 g/mol. The fraction of sp³-hybridized carbons (Fsp3) is 0.304. The second kappa shape index (κ2) is 11.5. The van der Waals surface area contributed by atoms with Crippen molar-refractivity contribution in [1.82, 2.24) is 5.32 Å². The molecule has 7 nitrogen and oxygen atoms in total. The van der Waals surface area contributed by atoms with Gasteiger partial charge in [0.15, 0.2) is 12.4 Å². The van der Waals surface area contributed by atoms with E-state index >= 15 is 0 Å². The molecule has 0 spiro atoms. The summed E-state index contributed by atoms with van der Waals surface area (Å²) in [7, 11) is 0. The maximum atomic E-state index is 12.3. The Morgan fingerprint density at radius 1 is 0.900 bits per heavy atom. The van der Waals surface area contributed by atoms with Crippen molar-refractivity contribution in [3.05, 3.63) is 65.7 Å². The van der Waals surface area contributed by atoms with E-state index in [0.29, 0.717) is 29.3 Å². The van der Waals surface area contributed by atoms with Gasteiger partial charge in [-0.05, 0) is 18.1 Å². The first-order chi connectivity index (χ1) is 14.4. The Morgan fingerprint density at radius 2 is 1.57 bits per heavy atom. The number of hydrogen-bond donors (Lipinski definition) is 2. The van der Waals surface area contributed by atoms with Gasteiger partial charge >= 0.3 is 5.97 Å². The number of Topliss-reactive ketones (excluding diaryl/α,β-unsaturated/α-hetero) is 1. The zero-order valence-corrected chi connectivity index (χ0v) is 17.1. The predicted molar refractivity (Wildman–Crippen MR) is 113 cm³/mol. The molecule has 0 heterocycles. The third-order valence-electron chi connectivity index (χ3n) is 4.13. The maximum absolute atomic E-state index is 12.3. The third kappa shape index (κ3) is 7.50. The fourth-order valence-electron chi connectivity index (χ4n) is 2.57. The van der Waals surface area contributed by atoms with Crippen molar-refractivity contribution < 1.29 is 23.9 Å². The van der Waals surface area contributed by atoms with Gasteiger partial charge < -0.3 is 15.4 Å². The largest absolute Gasteiger partial charge is 0.456 e. The summed E-state index contributed by atoms with van der Waals surface area (Å²) in [5, 5.41) is 5.38. The van der Waals surface area contributed by atoms with Gasteiger partial charge in [-0.25, -0.2) is 0 Å². The number of anilines is 1. The number of para-hydroxylation sites is 1. The molecule has 0 radical (unpaired) electrons. The molecule has 0 unspecified atom stereocenters. The van der Waals surface area contributed by atoms with Crippen LogP contribution in [-0.4, -0.2) is 36.7 Å². The number of ketones is 1. The SMILES string of the molecule is CC(C)CNC(=O)c1ccccc1NC(=O)COC(=O)CCC(=O)c1ccccc1. The third-order valence-corrected chi connectivity index (χ3v) is 4.13. The summed E-state index contributed by atoms with van der Waals surface area (Å²) in [5.41, 5.74) is 1.18. The molecule has 0 saturated carbocycles. The number of esters is 1. The molecular weight excluding hydrogens is 384 g/mol. The van der Waals surface area contributed by atoms with Crippen LogP contribution in [-0.2, 0) is 14.3 Å². The van der Waals surface area contributed by atoms with Gasteiger partial charge in [-0.15, -0.1) is 0 Å². The molecule has 2 amide bonds. The first kappa shape index (κ1) is 22.8. The van der Waals surface area contributed by atoms with Crippen molar-refractivity contribution in [2.24, 2.45) is 5.92 Å². The van der Waals surface area contributed by atoms with Crippen LogP contribution in [0, 0.1) is 5.92 Å². The van der Waals surface area contributed by atoms with Gasteiger partial charge in [-0.1, -0.05) is 56.3 Å². The van der Waals surface area contributed by atoms with Crippen molar-refractivity contribution in [3.63, 3.8) is 0 Å². The highest BCUT2D eigenvalue weighted by molar-refractivity contribution is 6.04. The van der Waals surface area contributed by atoms with Crippen LogP contribution < -0.4 is 10.6 Å². The molecule has 2 aromatic rings. The summed E-state index contributed by atoms with van der Waals surface area (Å²) in [5.74, 6) is -1.38. The van der Waals surface area contributed by atoms with Crippen molar-refractivity contribution >= 4 is 29.3 Å². The number of nitrogens with one attached hydrogen (secondary N) is 2. The molecule has 0 saturated heterocycles. The van der Waals surface area contributed by atoms with E-state index in [1.807, 2.05) is 13.8 Å². The van der Waals surface area contributed by atoms with Gasteiger partial charge in [0.05, 0.1) is 17.7 Å². The number of carbonyl (C=O) groups is 4. The molecule has 158 valence electrons. The fourth-order valence-corrected chi connectivity index (χ4v) is 2.57. The number of carbonyl (C=O) groups excluding carboxylic acids is 4. The maximum Gasteiger partial charge on any atom is 0.306 e. The van der Waals surface area contributed by atoms with Crippen molar-refractivity contribution in [2.75, 3.05) is 18.5 Å². The molecule has 0 aromatic heterocycles. The van der Waals surface area contributed by atoms with Crippen LogP contribution in [0.5, 0.6) is 0 Å². The van der Waals surface area contributed by atoms with Crippen LogP contribution in [0.3, 0.4) is 0 Å². The molecular formula is C23H26N2O5. The van der Waals surface area contributed by atoms with Gasteiger partial charge in [-0.2, -0.15) is 0 Å². The highest BCUT2D eigenvalue weighted by atomic mass is 16.5. The molecule has 2 N–H and O–H groups in total. The summed E-state index contributed by atoms with van der Waals surface area (Å²) >= 11 is 0. The van der Waals surface area contributed by atoms with Crippen LogP contribution in [0.15, 0.2) is 54.6 Å². The first-order valence-electron chi connectivity index (χ1n) is 9.77. The van der Waals surface area contributed by atoms with Crippen LogP contribution in [0.1, 0.15) is 47.4 Å². The monoisotopic (exact) mass is 410 g/mol. The second-order valence-corrected chi connectivity index (χ2v) is 7.15. The van der Waals surface area contributed by atoms with Gasteiger partial charge in [0.25, 0.3) is 11.8 Å². The van der Waals surface area contributed by atoms with Gasteiger partial charge in [0.1, 0.15) is 0 Å². The zero-order chi connectivity index (χ0) is 21.9. The van der Waals surface area contributed by atoms with Crippen LogP contribution >= 0.6 is 0 Å². The number of ether oxygens (including phenoxy) is 1. The van der Waals surface area contributed by atoms with E-state index in [1.54, 1.807) is 54.6 Å². The van der Waals surface area contributed by atoms with Crippen LogP contribution in [0.25, 0.3) is 0 Å². The molecule has 0 aliphatic carbocycles. The topological polar surface area (TPSA) is 102 Å². The minimum absolute atomic E-state index is 0.00330.